The maximum atomic E-state index is 11.3. The Balaban J connectivity index is 1.99. The van der Waals surface area contributed by atoms with E-state index in [9.17, 15) is 4.79 Å². The summed E-state index contributed by atoms with van der Waals surface area (Å²) in [5.74, 6) is -0.0915. The number of aldehydes is 1. The first-order valence-corrected chi connectivity index (χ1v) is 5.52. The second kappa shape index (κ2) is 2.71. The average Bonchev–Trinajstić information content (AvgIpc) is 3.05. The van der Waals surface area contributed by atoms with Gasteiger partial charge in [-0.25, -0.2) is 0 Å². The SMILES string of the molecule is O=CC1C2=C(C=CC3OC23)c2ccccc21. The Morgan fingerprint density at radius 1 is 1.25 bits per heavy atom. The highest BCUT2D eigenvalue weighted by Gasteiger charge is 2.48. The standard InChI is InChI=1S/C14H10O2/c15-7-11-9-4-2-1-3-8(9)10-5-6-12-14(16-12)13(10)11/h1-7,11-12,14H. The maximum absolute atomic E-state index is 11.3. The van der Waals surface area contributed by atoms with Crippen LogP contribution in [0.2, 0.25) is 0 Å². The van der Waals surface area contributed by atoms with E-state index in [1.54, 1.807) is 0 Å². The molecule has 1 aromatic rings. The second-order valence-electron chi connectivity index (χ2n) is 4.45. The Bertz CT molecular complexity index is 554. The van der Waals surface area contributed by atoms with Crippen molar-refractivity contribution in [2.75, 3.05) is 0 Å². The Morgan fingerprint density at radius 2 is 2.12 bits per heavy atom. The van der Waals surface area contributed by atoms with Crippen molar-refractivity contribution in [3.63, 3.8) is 0 Å². The Labute approximate surface area is 93.2 Å². The van der Waals surface area contributed by atoms with Gasteiger partial charge in [0.25, 0.3) is 0 Å². The molecule has 16 heavy (non-hydrogen) atoms. The molecule has 1 aromatic carbocycles. The number of epoxide rings is 1. The summed E-state index contributed by atoms with van der Waals surface area (Å²) in [6.07, 6.45) is 5.61. The molecule has 0 saturated carbocycles. The van der Waals surface area contributed by atoms with Gasteiger partial charge in [-0.3, -0.25) is 0 Å². The topological polar surface area (TPSA) is 29.6 Å². The molecule has 78 valence electrons. The highest BCUT2D eigenvalue weighted by Crippen LogP contribution is 2.51. The van der Waals surface area contributed by atoms with Crippen LogP contribution in [0.1, 0.15) is 17.0 Å². The van der Waals surface area contributed by atoms with Crippen molar-refractivity contribution in [3.05, 3.63) is 53.1 Å². The number of allylic oxidation sites excluding steroid dienone is 2. The number of carbonyl (C=O) groups is 1. The number of hydrogen-bond acceptors (Lipinski definition) is 2. The number of hydrogen-bond donors (Lipinski definition) is 0. The molecule has 2 heteroatoms. The summed E-state index contributed by atoms with van der Waals surface area (Å²) in [7, 11) is 0. The molecule has 1 aliphatic heterocycles. The second-order valence-corrected chi connectivity index (χ2v) is 4.45. The van der Waals surface area contributed by atoms with Crippen molar-refractivity contribution >= 4 is 11.9 Å². The summed E-state index contributed by atoms with van der Waals surface area (Å²) in [6, 6.07) is 8.13. The van der Waals surface area contributed by atoms with Crippen LogP contribution < -0.4 is 0 Å². The first kappa shape index (κ1) is 8.48. The summed E-state index contributed by atoms with van der Waals surface area (Å²) in [6.45, 7) is 0. The Morgan fingerprint density at radius 3 is 3.00 bits per heavy atom. The molecule has 1 heterocycles. The lowest BCUT2D eigenvalue weighted by Gasteiger charge is -2.08. The van der Waals surface area contributed by atoms with E-state index in [2.05, 4.69) is 18.2 Å². The minimum atomic E-state index is -0.0915. The molecule has 0 spiro atoms. The Hall–Kier alpha value is -1.67. The summed E-state index contributed by atoms with van der Waals surface area (Å²) in [4.78, 5) is 11.3. The van der Waals surface area contributed by atoms with Crippen molar-refractivity contribution in [1.29, 1.82) is 0 Å². The van der Waals surface area contributed by atoms with E-state index in [1.807, 2.05) is 18.2 Å². The van der Waals surface area contributed by atoms with E-state index < -0.39 is 0 Å². The van der Waals surface area contributed by atoms with Gasteiger partial charge in [-0.15, -0.1) is 0 Å². The van der Waals surface area contributed by atoms with Crippen LogP contribution in [0.3, 0.4) is 0 Å². The largest absolute Gasteiger partial charge is 0.360 e. The van der Waals surface area contributed by atoms with Crippen molar-refractivity contribution in [3.8, 4) is 0 Å². The number of carbonyl (C=O) groups excluding carboxylic acids is 1. The fraction of sp³-hybridized carbons (Fsp3) is 0.214. The van der Waals surface area contributed by atoms with Crippen molar-refractivity contribution in [2.45, 2.75) is 18.1 Å². The zero-order valence-corrected chi connectivity index (χ0v) is 8.59. The number of fused-ring (bicyclic) bond motifs is 4. The normalized spacial score (nSPS) is 33.1. The zero-order chi connectivity index (χ0) is 10.7. The average molecular weight is 210 g/mol. The van der Waals surface area contributed by atoms with E-state index in [0.29, 0.717) is 0 Å². The van der Waals surface area contributed by atoms with Gasteiger partial charge in [-0.1, -0.05) is 36.4 Å². The van der Waals surface area contributed by atoms with Gasteiger partial charge in [0.15, 0.2) is 0 Å². The Kier molecular flexibility index (Phi) is 1.44. The third-order valence-electron chi connectivity index (χ3n) is 3.65. The third-order valence-corrected chi connectivity index (χ3v) is 3.65. The molecule has 3 unspecified atom stereocenters. The summed E-state index contributed by atoms with van der Waals surface area (Å²) >= 11 is 0. The highest BCUT2D eigenvalue weighted by atomic mass is 16.6. The van der Waals surface area contributed by atoms with Gasteiger partial charge in [-0.05, 0) is 22.3 Å². The minimum Gasteiger partial charge on any atom is -0.360 e. The molecule has 4 rings (SSSR count). The molecule has 3 atom stereocenters. The molecule has 1 fully saturated rings. The zero-order valence-electron chi connectivity index (χ0n) is 8.59. The van der Waals surface area contributed by atoms with Crippen molar-refractivity contribution in [2.24, 2.45) is 0 Å². The van der Waals surface area contributed by atoms with Crippen LogP contribution in [-0.4, -0.2) is 18.5 Å². The van der Waals surface area contributed by atoms with Gasteiger partial charge in [0.05, 0.1) is 5.92 Å². The van der Waals surface area contributed by atoms with Gasteiger partial charge >= 0.3 is 0 Å². The predicted octanol–water partition coefficient (Wildman–Crippen LogP) is 2.07. The molecule has 3 aliphatic rings. The molecule has 0 aromatic heterocycles. The van der Waals surface area contributed by atoms with E-state index in [-0.39, 0.29) is 18.1 Å². The fourth-order valence-corrected chi connectivity index (χ4v) is 2.88. The first-order valence-electron chi connectivity index (χ1n) is 5.52. The van der Waals surface area contributed by atoms with E-state index in [4.69, 9.17) is 4.74 Å². The molecule has 0 radical (unpaired) electrons. The molecule has 0 amide bonds. The molecule has 0 N–H and O–H groups in total. The van der Waals surface area contributed by atoms with Crippen LogP contribution in [0.25, 0.3) is 5.57 Å². The van der Waals surface area contributed by atoms with Gasteiger partial charge < -0.3 is 9.53 Å². The van der Waals surface area contributed by atoms with Crippen molar-refractivity contribution in [1.82, 2.24) is 0 Å². The number of benzene rings is 1. The van der Waals surface area contributed by atoms with Gasteiger partial charge in [-0.2, -0.15) is 0 Å². The lowest BCUT2D eigenvalue weighted by molar-refractivity contribution is -0.108. The van der Waals surface area contributed by atoms with Crippen LogP contribution in [0, 0.1) is 0 Å². The maximum Gasteiger partial charge on any atom is 0.131 e. The number of ether oxygens (including phenoxy) is 1. The van der Waals surface area contributed by atoms with Crippen molar-refractivity contribution < 1.29 is 9.53 Å². The van der Waals surface area contributed by atoms with Crippen LogP contribution >= 0.6 is 0 Å². The lowest BCUT2D eigenvalue weighted by atomic mass is 9.92. The number of rotatable bonds is 1. The molecule has 0 bridgehead atoms. The monoisotopic (exact) mass is 210 g/mol. The quantitative estimate of drug-likeness (QED) is 0.524. The van der Waals surface area contributed by atoms with Crippen LogP contribution in [0.4, 0.5) is 0 Å². The van der Waals surface area contributed by atoms with Gasteiger partial charge in [0, 0.05) is 0 Å². The predicted molar refractivity (Wildman–Crippen MR) is 60.0 cm³/mol. The fourth-order valence-electron chi connectivity index (χ4n) is 2.88. The lowest BCUT2D eigenvalue weighted by Crippen LogP contribution is -2.08. The van der Waals surface area contributed by atoms with Crippen LogP contribution in [0.15, 0.2) is 42.0 Å². The molecular weight excluding hydrogens is 200 g/mol. The summed E-state index contributed by atoms with van der Waals surface area (Å²) in [5.41, 5.74) is 4.69. The van der Waals surface area contributed by atoms with E-state index >= 15 is 0 Å². The van der Waals surface area contributed by atoms with Crippen LogP contribution in [0.5, 0.6) is 0 Å². The molecule has 1 saturated heterocycles. The summed E-state index contributed by atoms with van der Waals surface area (Å²) < 4.78 is 5.55. The highest BCUT2D eigenvalue weighted by molar-refractivity contribution is 5.93. The summed E-state index contributed by atoms with van der Waals surface area (Å²) in [5, 5.41) is 0. The molecule has 2 aliphatic carbocycles. The van der Waals surface area contributed by atoms with E-state index in [1.165, 1.54) is 16.7 Å². The first-order chi connectivity index (χ1) is 7.90. The van der Waals surface area contributed by atoms with Gasteiger partial charge in [0.1, 0.15) is 18.5 Å². The third kappa shape index (κ3) is 0.883. The van der Waals surface area contributed by atoms with Gasteiger partial charge in [0.2, 0.25) is 0 Å². The van der Waals surface area contributed by atoms with E-state index in [0.717, 1.165) is 11.8 Å². The minimum absolute atomic E-state index is 0.0915. The molecular formula is C14H10O2. The molecule has 2 nitrogen and oxygen atoms in total. The smallest absolute Gasteiger partial charge is 0.131 e. The van der Waals surface area contributed by atoms with Crippen LogP contribution in [-0.2, 0) is 9.53 Å².